The largest absolute Gasteiger partial charge is 0.421 e. The second-order valence-corrected chi connectivity index (χ2v) is 5.99. The molecule has 140 valence electrons. The maximum atomic E-state index is 12.5. The molecule has 0 aliphatic carbocycles. The predicted octanol–water partition coefficient (Wildman–Crippen LogP) is 4.64. The van der Waals surface area contributed by atoms with Gasteiger partial charge < -0.3 is 9.73 Å². The van der Waals surface area contributed by atoms with E-state index in [1.165, 1.54) is 12.1 Å². The lowest BCUT2D eigenvalue weighted by Crippen LogP contribution is -2.13. The summed E-state index contributed by atoms with van der Waals surface area (Å²) < 4.78 is 43.1. The van der Waals surface area contributed by atoms with Crippen LogP contribution in [-0.4, -0.2) is 16.1 Å². The number of hydrogen-bond donors (Lipinski definition) is 1. The zero-order valence-corrected chi connectivity index (χ0v) is 14.4. The molecule has 0 saturated carbocycles. The number of amides is 1. The number of nitrogens with zero attached hydrogens (tertiary/aromatic N) is 2. The molecule has 1 amide bonds. The summed E-state index contributed by atoms with van der Waals surface area (Å²) in [5.41, 5.74) is 1.42. The van der Waals surface area contributed by atoms with Crippen LogP contribution in [0.3, 0.4) is 0 Å². The molecular weight excluding hydrogens is 359 g/mol. The van der Waals surface area contributed by atoms with Crippen LogP contribution < -0.4 is 5.32 Å². The highest BCUT2D eigenvalue weighted by Crippen LogP contribution is 2.29. The molecule has 0 radical (unpaired) electrons. The summed E-state index contributed by atoms with van der Waals surface area (Å²) in [6.07, 6.45) is -4.11. The van der Waals surface area contributed by atoms with Crippen LogP contribution in [0.4, 0.5) is 18.9 Å². The summed E-state index contributed by atoms with van der Waals surface area (Å²) in [6, 6.07) is 11.8. The van der Waals surface area contributed by atoms with E-state index in [0.717, 1.165) is 23.3 Å². The van der Waals surface area contributed by atoms with Gasteiger partial charge in [-0.15, -0.1) is 10.2 Å². The van der Waals surface area contributed by atoms with Crippen LogP contribution in [0.25, 0.3) is 11.5 Å². The minimum atomic E-state index is -4.41. The molecule has 0 unspecified atom stereocenters. The van der Waals surface area contributed by atoms with Crippen LogP contribution in [0.5, 0.6) is 0 Å². The van der Waals surface area contributed by atoms with E-state index < -0.39 is 11.7 Å². The number of aromatic nitrogens is 2. The summed E-state index contributed by atoms with van der Waals surface area (Å²) in [5.74, 6) is 0.325. The summed E-state index contributed by atoms with van der Waals surface area (Å²) in [7, 11) is 0. The lowest BCUT2D eigenvalue weighted by molar-refractivity contribution is -0.137. The number of anilines is 1. The zero-order chi connectivity index (χ0) is 19.4. The highest BCUT2D eigenvalue weighted by atomic mass is 19.4. The maximum Gasteiger partial charge on any atom is 0.416 e. The van der Waals surface area contributed by atoms with Crippen molar-refractivity contribution < 1.29 is 22.4 Å². The van der Waals surface area contributed by atoms with Crippen molar-refractivity contribution in [1.82, 2.24) is 10.2 Å². The minimum absolute atomic E-state index is 0.0660. The van der Waals surface area contributed by atoms with Gasteiger partial charge in [0.15, 0.2) is 0 Å². The van der Waals surface area contributed by atoms with Crippen molar-refractivity contribution >= 4 is 11.6 Å². The molecule has 8 heteroatoms. The third-order valence-electron chi connectivity index (χ3n) is 3.83. The van der Waals surface area contributed by atoms with Crippen LogP contribution in [0.1, 0.15) is 23.4 Å². The maximum absolute atomic E-state index is 12.5. The first-order valence-corrected chi connectivity index (χ1v) is 8.18. The van der Waals surface area contributed by atoms with E-state index in [1.54, 1.807) is 0 Å². The standard InChI is InChI=1S/C19H16F3N3O2/c1-12-2-4-13(5-3-12)18-25-24-17(27-18)11-10-16(26)23-15-8-6-14(7-9-15)19(20,21)22/h2-9H,10-11H2,1H3,(H,23,26). The number of benzene rings is 2. The SMILES string of the molecule is Cc1ccc(-c2nnc(CCC(=O)Nc3ccc(C(F)(F)F)cc3)o2)cc1. The molecule has 0 fully saturated rings. The first-order chi connectivity index (χ1) is 12.8. The van der Waals surface area contributed by atoms with Crippen molar-refractivity contribution in [1.29, 1.82) is 0 Å². The van der Waals surface area contributed by atoms with Crippen LogP contribution in [0.15, 0.2) is 52.9 Å². The number of aryl methyl sites for hydroxylation is 2. The third kappa shape index (κ3) is 4.93. The number of halogens is 3. The average molecular weight is 375 g/mol. The number of carbonyl (C=O) groups excluding carboxylic acids is 1. The molecule has 0 saturated heterocycles. The number of nitrogens with one attached hydrogen (secondary N) is 1. The fourth-order valence-electron chi connectivity index (χ4n) is 2.35. The van der Waals surface area contributed by atoms with Crippen molar-refractivity contribution in [2.75, 3.05) is 5.32 Å². The molecule has 3 aromatic rings. The van der Waals surface area contributed by atoms with Crippen molar-refractivity contribution in [3.8, 4) is 11.5 Å². The van der Waals surface area contributed by atoms with Gasteiger partial charge in [0, 0.05) is 24.1 Å². The molecule has 2 aromatic carbocycles. The molecule has 0 spiro atoms. The average Bonchev–Trinajstić information content (AvgIpc) is 3.09. The Labute approximate surface area is 153 Å². The summed E-state index contributed by atoms with van der Waals surface area (Å²) in [4.78, 5) is 12.0. The molecule has 0 aliphatic heterocycles. The van der Waals surface area contributed by atoms with E-state index in [0.29, 0.717) is 17.5 Å². The van der Waals surface area contributed by atoms with Gasteiger partial charge in [-0.25, -0.2) is 0 Å². The molecule has 1 aromatic heterocycles. The van der Waals surface area contributed by atoms with E-state index in [1.807, 2.05) is 31.2 Å². The zero-order valence-electron chi connectivity index (χ0n) is 14.4. The summed E-state index contributed by atoms with van der Waals surface area (Å²) in [5, 5.41) is 10.4. The molecule has 27 heavy (non-hydrogen) atoms. The van der Waals surface area contributed by atoms with Gasteiger partial charge in [0.05, 0.1) is 5.56 Å². The first-order valence-electron chi connectivity index (χ1n) is 8.18. The lowest BCUT2D eigenvalue weighted by atomic mass is 10.1. The van der Waals surface area contributed by atoms with Crippen LogP contribution in [0, 0.1) is 6.92 Å². The van der Waals surface area contributed by atoms with Gasteiger partial charge in [0.1, 0.15) is 0 Å². The molecular formula is C19H16F3N3O2. The monoisotopic (exact) mass is 375 g/mol. The lowest BCUT2D eigenvalue weighted by Gasteiger charge is -2.08. The van der Waals surface area contributed by atoms with Gasteiger partial charge in [0.2, 0.25) is 17.7 Å². The molecule has 1 heterocycles. The molecule has 0 atom stereocenters. The molecule has 3 rings (SSSR count). The topological polar surface area (TPSA) is 68.0 Å². The van der Waals surface area contributed by atoms with Crippen molar-refractivity contribution in [3.05, 3.63) is 65.5 Å². The van der Waals surface area contributed by atoms with Crippen LogP contribution >= 0.6 is 0 Å². The van der Waals surface area contributed by atoms with Crippen LogP contribution in [0.2, 0.25) is 0 Å². The fraction of sp³-hybridized carbons (Fsp3) is 0.211. The third-order valence-corrected chi connectivity index (χ3v) is 3.83. The Balaban J connectivity index is 1.54. The van der Waals surface area contributed by atoms with E-state index in [4.69, 9.17) is 4.42 Å². The van der Waals surface area contributed by atoms with Gasteiger partial charge in [-0.2, -0.15) is 13.2 Å². The van der Waals surface area contributed by atoms with Crippen LogP contribution in [-0.2, 0) is 17.4 Å². The molecule has 0 bridgehead atoms. The number of carbonyl (C=O) groups is 1. The van der Waals surface area contributed by atoms with Gasteiger partial charge in [-0.1, -0.05) is 17.7 Å². The smallest absolute Gasteiger partial charge is 0.416 e. The van der Waals surface area contributed by atoms with Gasteiger partial charge in [0.25, 0.3) is 0 Å². The fourth-order valence-corrected chi connectivity index (χ4v) is 2.35. The molecule has 1 N–H and O–H groups in total. The van der Waals surface area contributed by atoms with Crippen molar-refractivity contribution in [2.24, 2.45) is 0 Å². The Kier molecular flexibility index (Phi) is 5.25. The van der Waals surface area contributed by atoms with E-state index in [-0.39, 0.29) is 18.7 Å². The van der Waals surface area contributed by atoms with Gasteiger partial charge >= 0.3 is 6.18 Å². The quantitative estimate of drug-likeness (QED) is 0.706. The second-order valence-electron chi connectivity index (χ2n) is 5.99. The van der Waals surface area contributed by atoms with Gasteiger partial charge in [-0.05, 0) is 43.3 Å². The van der Waals surface area contributed by atoms with E-state index in [2.05, 4.69) is 15.5 Å². The Morgan fingerprint density at radius 2 is 1.70 bits per heavy atom. The van der Waals surface area contributed by atoms with Crippen molar-refractivity contribution in [3.63, 3.8) is 0 Å². The van der Waals surface area contributed by atoms with E-state index >= 15 is 0 Å². The highest BCUT2D eigenvalue weighted by Gasteiger charge is 2.29. The van der Waals surface area contributed by atoms with Crippen molar-refractivity contribution in [2.45, 2.75) is 25.9 Å². The molecule has 0 aliphatic rings. The minimum Gasteiger partial charge on any atom is -0.421 e. The predicted molar refractivity (Wildman–Crippen MR) is 92.9 cm³/mol. The normalized spacial score (nSPS) is 11.4. The Hall–Kier alpha value is -3.16. The Morgan fingerprint density at radius 1 is 1.04 bits per heavy atom. The second kappa shape index (κ2) is 7.61. The number of alkyl halides is 3. The first kappa shape index (κ1) is 18.6. The molecule has 5 nitrogen and oxygen atoms in total. The Morgan fingerprint density at radius 3 is 2.33 bits per heavy atom. The summed E-state index contributed by atoms with van der Waals surface area (Å²) >= 11 is 0. The highest BCUT2D eigenvalue weighted by molar-refractivity contribution is 5.90. The van der Waals surface area contributed by atoms with E-state index in [9.17, 15) is 18.0 Å². The summed E-state index contributed by atoms with van der Waals surface area (Å²) in [6.45, 7) is 1.97. The number of hydrogen-bond acceptors (Lipinski definition) is 4. The Bertz CT molecular complexity index is 917. The van der Waals surface area contributed by atoms with Gasteiger partial charge in [-0.3, -0.25) is 4.79 Å². The number of rotatable bonds is 5.